The summed E-state index contributed by atoms with van der Waals surface area (Å²) >= 11 is 0. The van der Waals surface area contributed by atoms with E-state index in [4.69, 9.17) is 14.2 Å². The molecule has 2 aliphatic rings. The molecule has 0 radical (unpaired) electrons. The zero-order valence-corrected chi connectivity index (χ0v) is 18.0. The summed E-state index contributed by atoms with van der Waals surface area (Å²) < 4.78 is 17.2. The summed E-state index contributed by atoms with van der Waals surface area (Å²) in [7, 11) is 1.78. The monoisotopic (exact) mass is 390 g/mol. The van der Waals surface area contributed by atoms with Crippen LogP contribution in [-0.2, 0) is 14.9 Å². The van der Waals surface area contributed by atoms with Crippen LogP contribution in [0.5, 0.6) is 5.75 Å². The third kappa shape index (κ3) is 5.69. The van der Waals surface area contributed by atoms with Crippen molar-refractivity contribution in [3.05, 3.63) is 29.8 Å². The predicted octanol–water partition coefficient (Wildman–Crippen LogP) is 3.22. The summed E-state index contributed by atoms with van der Waals surface area (Å²) in [6.45, 7) is 12.4. The van der Waals surface area contributed by atoms with E-state index in [2.05, 4.69) is 48.3 Å². The first-order valence-electron chi connectivity index (χ1n) is 10.8. The fourth-order valence-corrected chi connectivity index (χ4v) is 4.84. The number of hydrogen-bond donors (Lipinski definition) is 1. The maximum atomic E-state index is 6.05. The Morgan fingerprint density at radius 1 is 1.11 bits per heavy atom. The molecule has 2 heterocycles. The summed E-state index contributed by atoms with van der Waals surface area (Å²) in [5.74, 6) is 1.01. The van der Waals surface area contributed by atoms with Gasteiger partial charge in [0.1, 0.15) is 5.75 Å². The van der Waals surface area contributed by atoms with E-state index in [1.54, 1.807) is 7.11 Å². The molecule has 0 aliphatic carbocycles. The Balaban J connectivity index is 1.56. The van der Waals surface area contributed by atoms with E-state index < -0.39 is 0 Å². The quantitative estimate of drug-likeness (QED) is 0.656. The Labute approximate surface area is 170 Å². The highest BCUT2D eigenvalue weighted by molar-refractivity contribution is 5.40. The molecule has 3 rings (SSSR count). The van der Waals surface area contributed by atoms with Gasteiger partial charge < -0.3 is 19.5 Å². The zero-order valence-electron chi connectivity index (χ0n) is 18.0. The van der Waals surface area contributed by atoms with E-state index in [9.17, 15) is 0 Å². The number of hydrogen-bond acceptors (Lipinski definition) is 5. The number of para-hydroxylation sites is 1. The van der Waals surface area contributed by atoms with Crippen LogP contribution in [0.4, 0.5) is 0 Å². The molecular formula is C23H38N2O3. The lowest BCUT2D eigenvalue weighted by atomic mass is 9.67. The maximum absolute atomic E-state index is 6.05. The van der Waals surface area contributed by atoms with Gasteiger partial charge in [-0.2, -0.15) is 0 Å². The number of morpholine rings is 1. The lowest BCUT2D eigenvalue weighted by molar-refractivity contribution is -0.0842. The smallest absolute Gasteiger partial charge is 0.122 e. The fraction of sp³-hybridized carbons (Fsp3) is 0.739. The van der Waals surface area contributed by atoms with Gasteiger partial charge >= 0.3 is 0 Å². The van der Waals surface area contributed by atoms with E-state index in [1.165, 1.54) is 12.0 Å². The van der Waals surface area contributed by atoms with Gasteiger partial charge in [0.2, 0.25) is 0 Å². The first-order valence-corrected chi connectivity index (χ1v) is 10.8. The molecule has 5 heteroatoms. The molecule has 0 amide bonds. The Morgan fingerprint density at radius 2 is 1.89 bits per heavy atom. The van der Waals surface area contributed by atoms with Crippen LogP contribution in [0.3, 0.4) is 0 Å². The van der Waals surface area contributed by atoms with E-state index in [0.29, 0.717) is 0 Å². The largest absolute Gasteiger partial charge is 0.496 e. The summed E-state index contributed by atoms with van der Waals surface area (Å²) in [4.78, 5) is 2.50. The van der Waals surface area contributed by atoms with Gasteiger partial charge in [-0.1, -0.05) is 18.2 Å². The predicted molar refractivity (Wildman–Crippen MR) is 113 cm³/mol. The van der Waals surface area contributed by atoms with Crippen molar-refractivity contribution >= 4 is 0 Å². The molecule has 1 aromatic rings. The summed E-state index contributed by atoms with van der Waals surface area (Å²) in [6.07, 6.45) is 4.37. The van der Waals surface area contributed by atoms with Gasteiger partial charge in [-0.05, 0) is 65.2 Å². The highest BCUT2D eigenvalue weighted by Gasteiger charge is 2.43. The summed E-state index contributed by atoms with van der Waals surface area (Å²) in [5, 5.41) is 3.69. The number of nitrogens with zero attached hydrogens (tertiary/aromatic N) is 1. The second-order valence-electron chi connectivity index (χ2n) is 8.82. The van der Waals surface area contributed by atoms with E-state index >= 15 is 0 Å². The van der Waals surface area contributed by atoms with Gasteiger partial charge in [-0.3, -0.25) is 4.90 Å². The molecule has 0 bridgehead atoms. The minimum Gasteiger partial charge on any atom is -0.496 e. The van der Waals surface area contributed by atoms with E-state index in [-0.39, 0.29) is 11.0 Å². The standard InChI is InChI=1S/C23H38N2O3/c1-22(2)19-23(10-16-28-22,20-7-4-5-8-21(20)26-3)9-12-24-11-6-13-25-14-17-27-18-15-25/h4-5,7-8,24H,6,9-19H2,1-3H3/t23-/m0/s1. The minimum atomic E-state index is -0.102. The van der Waals surface area contributed by atoms with Gasteiger partial charge in [0.25, 0.3) is 0 Å². The Bertz CT molecular complexity index is 601. The van der Waals surface area contributed by atoms with Crippen molar-refractivity contribution in [3.63, 3.8) is 0 Å². The van der Waals surface area contributed by atoms with Crippen molar-refractivity contribution in [2.45, 2.75) is 50.5 Å². The van der Waals surface area contributed by atoms with Crippen LogP contribution in [0.1, 0.15) is 45.1 Å². The third-order valence-electron chi connectivity index (χ3n) is 6.23. The Hall–Kier alpha value is -1.14. The van der Waals surface area contributed by atoms with Crippen LogP contribution in [0.25, 0.3) is 0 Å². The molecular weight excluding hydrogens is 352 g/mol. The van der Waals surface area contributed by atoms with Crippen molar-refractivity contribution in [2.24, 2.45) is 0 Å². The van der Waals surface area contributed by atoms with Crippen molar-refractivity contribution < 1.29 is 14.2 Å². The van der Waals surface area contributed by atoms with Crippen LogP contribution >= 0.6 is 0 Å². The highest BCUT2D eigenvalue weighted by Crippen LogP contribution is 2.46. The second-order valence-corrected chi connectivity index (χ2v) is 8.82. The molecule has 0 spiro atoms. The first-order chi connectivity index (χ1) is 13.5. The molecule has 28 heavy (non-hydrogen) atoms. The lowest BCUT2D eigenvalue weighted by Gasteiger charge is -2.46. The maximum Gasteiger partial charge on any atom is 0.122 e. The van der Waals surface area contributed by atoms with Gasteiger partial charge in [-0.15, -0.1) is 0 Å². The normalized spacial score (nSPS) is 25.5. The second kappa shape index (κ2) is 10.1. The SMILES string of the molecule is COc1ccccc1[C@@]1(CCNCCCN2CCOCC2)CCOC(C)(C)C1. The molecule has 0 unspecified atom stereocenters. The molecule has 0 aromatic heterocycles. The lowest BCUT2D eigenvalue weighted by Crippen LogP contribution is -2.45. The molecule has 2 saturated heterocycles. The summed E-state index contributed by atoms with van der Waals surface area (Å²) in [5.41, 5.74) is 1.34. The topological polar surface area (TPSA) is 43.0 Å². The molecule has 2 fully saturated rings. The Kier molecular flexibility index (Phi) is 7.75. The molecule has 1 atom stereocenters. The minimum absolute atomic E-state index is 0.102. The number of benzene rings is 1. The average Bonchev–Trinajstić information content (AvgIpc) is 2.70. The Morgan fingerprint density at radius 3 is 2.64 bits per heavy atom. The van der Waals surface area contributed by atoms with Crippen molar-refractivity contribution in [1.82, 2.24) is 10.2 Å². The number of ether oxygens (including phenoxy) is 3. The molecule has 158 valence electrons. The number of nitrogens with one attached hydrogen (secondary N) is 1. The molecule has 5 nitrogen and oxygen atoms in total. The van der Waals surface area contributed by atoms with Crippen molar-refractivity contribution in [2.75, 3.05) is 59.7 Å². The molecule has 1 aromatic carbocycles. The highest BCUT2D eigenvalue weighted by atomic mass is 16.5. The summed E-state index contributed by atoms with van der Waals surface area (Å²) in [6, 6.07) is 8.54. The zero-order chi connectivity index (χ0) is 19.9. The van der Waals surface area contributed by atoms with Crippen LogP contribution in [-0.4, -0.2) is 70.2 Å². The first kappa shape index (κ1) is 21.6. The van der Waals surface area contributed by atoms with Gasteiger partial charge in [0.05, 0.1) is 25.9 Å². The van der Waals surface area contributed by atoms with Gasteiger partial charge in [0.15, 0.2) is 0 Å². The third-order valence-corrected chi connectivity index (χ3v) is 6.23. The van der Waals surface area contributed by atoms with Crippen molar-refractivity contribution in [3.8, 4) is 5.75 Å². The van der Waals surface area contributed by atoms with E-state index in [0.717, 1.165) is 77.6 Å². The van der Waals surface area contributed by atoms with E-state index in [1.807, 2.05) is 0 Å². The van der Waals surface area contributed by atoms with Crippen LogP contribution < -0.4 is 10.1 Å². The van der Waals surface area contributed by atoms with Gasteiger partial charge in [-0.25, -0.2) is 0 Å². The van der Waals surface area contributed by atoms with Crippen molar-refractivity contribution in [1.29, 1.82) is 0 Å². The van der Waals surface area contributed by atoms with Crippen LogP contribution in [0.15, 0.2) is 24.3 Å². The molecule has 0 saturated carbocycles. The average molecular weight is 391 g/mol. The van der Waals surface area contributed by atoms with Gasteiger partial charge in [0, 0.05) is 30.7 Å². The number of methoxy groups -OCH3 is 1. The number of rotatable bonds is 9. The van der Waals surface area contributed by atoms with Crippen LogP contribution in [0.2, 0.25) is 0 Å². The molecule has 2 aliphatic heterocycles. The van der Waals surface area contributed by atoms with Crippen LogP contribution in [0, 0.1) is 0 Å². The molecule has 1 N–H and O–H groups in total. The fourth-order valence-electron chi connectivity index (χ4n) is 4.84.